The third-order valence-electron chi connectivity index (χ3n) is 12.9. The summed E-state index contributed by atoms with van der Waals surface area (Å²) >= 11 is 1.93. The molecule has 2 N–H and O–H groups in total. The number of aromatic nitrogens is 1. The summed E-state index contributed by atoms with van der Waals surface area (Å²) in [6.45, 7) is 7.31. The number of H-pyrrole nitrogens is 1. The Morgan fingerprint density at radius 2 is 1.53 bits per heavy atom. The van der Waals surface area contributed by atoms with Gasteiger partial charge in [-0.25, -0.2) is 0 Å². The molecular weight excluding hydrogens is 575 g/mol. The Labute approximate surface area is 272 Å². The van der Waals surface area contributed by atoms with Crippen LogP contribution in [0.15, 0.2) is 54.6 Å². The second-order valence-corrected chi connectivity index (χ2v) is 17.3. The van der Waals surface area contributed by atoms with Gasteiger partial charge in [-0.3, -0.25) is 9.59 Å². The van der Waals surface area contributed by atoms with Crippen molar-refractivity contribution in [2.75, 3.05) is 11.5 Å². The van der Waals surface area contributed by atoms with Crippen LogP contribution in [0.2, 0.25) is 0 Å². The number of fused-ring (bicyclic) bond motifs is 1. The summed E-state index contributed by atoms with van der Waals surface area (Å²) in [6.07, 6.45) is 9.37. The molecule has 5 saturated carbocycles. The molecule has 45 heavy (non-hydrogen) atoms. The molecule has 5 nitrogen and oxygen atoms in total. The second kappa shape index (κ2) is 10.9. The Kier molecular flexibility index (Phi) is 7.20. The van der Waals surface area contributed by atoms with Crippen molar-refractivity contribution in [1.82, 2.24) is 15.2 Å². The Balaban J connectivity index is 1.11. The van der Waals surface area contributed by atoms with Crippen LogP contribution in [-0.4, -0.2) is 44.3 Å². The van der Waals surface area contributed by atoms with Crippen LogP contribution in [0.1, 0.15) is 94.4 Å². The van der Waals surface area contributed by atoms with Crippen molar-refractivity contribution in [3.05, 3.63) is 71.4 Å². The molecule has 2 amide bonds. The molecule has 2 atom stereocenters. The van der Waals surface area contributed by atoms with Gasteiger partial charge in [0.2, 0.25) is 11.8 Å². The molecule has 5 aliphatic carbocycles. The number of carbonyl (C=O) groups excluding carboxylic acids is 2. The fourth-order valence-electron chi connectivity index (χ4n) is 10.9. The van der Waals surface area contributed by atoms with Gasteiger partial charge in [0.1, 0.15) is 5.54 Å². The first-order valence-electron chi connectivity index (χ1n) is 17.5. The van der Waals surface area contributed by atoms with E-state index in [0.717, 1.165) is 66.9 Å². The summed E-state index contributed by atoms with van der Waals surface area (Å²) in [4.78, 5) is 35.4. The molecule has 2 aromatic carbocycles. The van der Waals surface area contributed by atoms with E-state index in [9.17, 15) is 9.59 Å². The second-order valence-electron chi connectivity index (χ2n) is 16.1. The largest absolute Gasteiger partial charge is 0.358 e. The topological polar surface area (TPSA) is 65.2 Å². The molecule has 1 aliphatic heterocycles. The molecule has 6 aliphatic rings. The van der Waals surface area contributed by atoms with Gasteiger partial charge >= 0.3 is 0 Å². The number of hydrogen-bond donors (Lipinski definition) is 2. The molecule has 9 rings (SSSR count). The number of rotatable bonds is 8. The molecule has 238 valence electrons. The van der Waals surface area contributed by atoms with Crippen LogP contribution >= 0.6 is 11.8 Å². The van der Waals surface area contributed by atoms with Crippen LogP contribution in [0.4, 0.5) is 0 Å². The van der Waals surface area contributed by atoms with E-state index in [2.05, 4.69) is 84.5 Å². The lowest BCUT2D eigenvalue weighted by Gasteiger charge is -2.58. The Bertz CT molecular complexity index is 1570. The third kappa shape index (κ3) is 5.05. The van der Waals surface area contributed by atoms with Gasteiger partial charge in [0.25, 0.3) is 0 Å². The number of amides is 2. The van der Waals surface area contributed by atoms with Gasteiger partial charge in [0.15, 0.2) is 0 Å². The highest BCUT2D eigenvalue weighted by molar-refractivity contribution is 7.99. The molecule has 2 heterocycles. The molecule has 3 aromatic rings. The Morgan fingerprint density at radius 3 is 2.20 bits per heavy atom. The number of nitrogens with zero attached hydrogens (tertiary/aromatic N) is 1. The normalized spacial score (nSPS) is 32.4. The number of carbonyl (C=O) groups is 2. The van der Waals surface area contributed by atoms with Gasteiger partial charge in [0.05, 0.1) is 0 Å². The van der Waals surface area contributed by atoms with Crippen LogP contribution in [0.25, 0.3) is 10.9 Å². The summed E-state index contributed by atoms with van der Waals surface area (Å²) in [5, 5.41) is 5.03. The van der Waals surface area contributed by atoms with Gasteiger partial charge in [-0.2, -0.15) is 11.8 Å². The SMILES string of the molecule is Cc1[nH]c2ccccc2c1[C@H]1[C@H](CC(=O)N(Cc2ccccc2)C2(C(=O)NC34CC5CC(CC(C5)C3)C4)CCSCC2)C1(C)C. The van der Waals surface area contributed by atoms with Crippen molar-refractivity contribution < 1.29 is 9.59 Å². The minimum absolute atomic E-state index is 0.0147. The standard InChI is InChI=1S/C39H49N3O2S/c1-25-34(30-11-7-8-12-32(30)40-25)35-31(37(35,2)3)20-33(43)42(24-26-9-5-4-6-10-26)39(13-15-45-16-14-39)36(44)41-38-21-27-17-28(22-38)19-29(18-27)23-38/h4-12,27-29,31,35,40H,13-24H2,1-3H3,(H,41,44)/t27?,28?,29?,31-,35+,38?/m0/s1. The van der Waals surface area contributed by atoms with Gasteiger partial charge in [0, 0.05) is 35.1 Å². The van der Waals surface area contributed by atoms with Gasteiger partial charge in [-0.15, -0.1) is 0 Å². The van der Waals surface area contributed by atoms with E-state index in [0.29, 0.717) is 18.9 Å². The first-order valence-corrected chi connectivity index (χ1v) is 18.6. The number of nitrogens with one attached hydrogen (secondary N) is 2. The molecule has 1 saturated heterocycles. The number of hydrogen-bond acceptors (Lipinski definition) is 3. The molecule has 4 bridgehead atoms. The third-order valence-corrected chi connectivity index (χ3v) is 13.8. The maximum absolute atomic E-state index is 14.9. The van der Waals surface area contributed by atoms with E-state index in [-0.39, 0.29) is 28.7 Å². The Morgan fingerprint density at radius 1 is 0.911 bits per heavy atom. The number of benzene rings is 2. The molecule has 6 heteroatoms. The Hall–Kier alpha value is -2.73. The van der Waals surface area contributed by atoms with Crippen LogP contribution in [-0.2, 0) is 16.1 Å². The fraction of sp³-hybridized carbons (Fsp3) is 0.590. The number of thioether (sulfide) groups is 1. The smallest absolute Gasteiger partial charge is 0.246 e. The monoisotopic (exact) mass is 623 g/mol. The molecular formula is C39H49N3O2S. The lowest BCUT2D eigenvalue weighted by atomic mass is 9.53. The summed E-state index contributed by atoms with van der Waals surface area (Å²) < 4.78 is 0. The average Bonchev–Trinajstić information content (AvgIpc) is 3.36. The van der Waals surface area contributed by atoms with Crippen molar-refractivity contribution in [2.24, 2.45) is 29.1 Å². The van der Waals surface area contributed by atoms with Gasteiger partial charge < -0.3 is 15.2 Å². The highest BCUT2D eigenvalue weighted by atomic mass is 32.2. The molecule has 0 spiro atoms. The number of aryl methyl sites for hydroxylation is 1. The zero-order chi connectivity index (χ0) is 31.0. The van der Waals surface area contributed by atoms with E-state index in [4.69, 9.17) is 0 Å². The summed E-state index contributed by atoms with van der Waals surface area (Å²) in [6, 6.07) is 18.9. The summed E-state index contributed by atoms with van der Waals surface area (Å²) in [5.74, 6) is 4.95. The highest BCUT2D eigenvalue weighted by Crippen LogP contribution is 2.67. The van der Waals surface area contributed by atoms with Crippen LogP contribution in [0, 0.1) is 36.0 Å². The van der Waals surface area contributed by atoms with E-state index in [1.165, 1.54) is 41.4 Å². The predicted octanol–water partition coefficient (Wildman–Crippen LogP) is 7.99. The van der Waals surface area contributed by atoms with Crippen molar-refractivity contribution >= 4 is 34.5 Å². The first kappa shape index (κ1) is 29.7. The van der Waals surface area contributed by atoms with E-state index in [1.807, 2.05) is 17.8 Å². The fourth-order valence-corrected chi connectivity index (χ4v) is 12.1. The highest BCUT2D eigenvalue weighted by Gasteiger charge is 2.61. The first-order chi connectivity index (χ1) is 21.7. The molecule has 6 fully saturated rings. The van der Waals surface area contributed by atoms with Crippen LogP contribution in [0.5, 0.6) is 0 Å². The maximum atomic E-state index is 14.9. The quantitative estimate of drug-likeness (QED) is 0.267. The minimum atomic E-state index is -0.799. The zero-order valence-corrected chi connectivity index (χ0v) is 28.1. The van der Waals surface area contributed by atoms with Crippen LogP contribution in [0.3, 0.4) is 0 Å². The maximum Gasteiger partial charge on any atom is 0.246 e. The number of aromatic amines is 1. The van der Waals surface area contributed by atoms with E-state index < -0.39 is 5.54 Å². The van der Waals surface area contributed by atoms with Crippen LogP contribution < -0.4 is 5.32 Å². The summed E-state index contributed by atoms with van der Waals surface area (Å²) in [7, 11) is 0. The van der Waals surface area contributed by atoms with E-state index in [1.54, 1.807) is 0 Å². The van der Waals surface area contributed by atoms with Crippen molar-refractivity contribution in [2.45, 2.75) is 102 Å². The predicted molar refractivity (Wildman–Crippen MR) is 183 cm³/mol. The van der Waals surface area contributed by atoms with Gasteiger partial charge in [-0.1, -0.05) is 62.4 Å². The zero-order valence-electron chi connectivity index (χ0n) is 27.2. The van der Waals surface area contributed by atoms with Crippen molar-refractivity contribution in [3.63, 3.8) is 0 Å². The van der Waals surface area contributed by atoms with E-state index >= 15 is 0 Å². The lowest BCUT2D eigenvalue weighted by Crippen LogP contribution is -2.68. The average molecular weight is 624 g/mol. The molecule has 0 unspecified atom stereocenters. The van der Waals surface area contributed by atoms with Crippen molar-refractivity contribution in [3.8, 4) is 0 Å². The minimum Gasteiger partial charge on any atom is -0.358 e. The molecule has 1 aromatic heterocycles. The lowest BCUT2D eigenvalue weighted by molar-refractivity contribution is -0.153. The summed E-state index contributed by atoms with van der Waals surface area (Å²) in [5.41, 5.74) is 4.00. The van der Waals surface area contributed by atoms with Gasteiger partial charge in [-0.05, 0) is 122 Å². The molecule has 0 radical (unpaired) electrons. The number of para-hydroxylation sites is 1. The van der Waals surface area contributed by atoms with Crippen molar-refractivity contribution in [1.29, 1.82) is 0 Å².